The van der Waals surface area contributed by atoms with Gasteiger partial charge >= 0.3 is 6.03 Å². The zero-order valence-electron chi connectivity index (χ0n) is 17.7. The molecule has 1 aliphatic rings. The molecule has 4 rings (SSSR count). The van der Waals surface area contributed by atoms with Gasteiger partial charge in [0.05, 0.1) is 16.2 Å². The van der Waals surface area contributed by atoms with Crippen LogP contribution in [0.4, 0.5) is 16.2 Å². The monoisotopic (exact) mass is 529 g/mol. The predicted octanol–water partition coefficient (Wildman–Crippen LogP) is 4.77. The summed E-state index contributed by atoms with van der Waals surface area (Å²) in [5.41, 5.74) is 0.693. The lowest BCUT2D eigenvalue weighted by Crippen LogP contribution is -2.46. The van der Waals surface area contributed by atoms with Crippen LogP contribution < -0.4 is 10.0 Å². The van der Waals surface area contributed by atoms with Gasteiger partial charge in [0.25, 0.3) is 10.0 Å². The van der Waals surface area contributed by atoms with Crippen LogP contribution in [0.5, 0.6) is 0 Å². The number of likely N-dealkylation sites (tertiary alicyclic amines) is 1. The minimum atomic E-state index is -3.72. The molecular weight excluding hydrogens is 506 g/mol. The Morgan fingerprint density at radius 3 is 2.21 bits per heavy atom. The van der Waals surface area contributed by atoms with E-state index in [1.54, 1.807) is 47.4 Å². The molecule has 172 valence electrons. The minimum absolute atomic E-state index is 0.158. The van der Waals surface area contributed by atoms with Gasteiger partial charge in [0, 0.05) is 23.2 Å². The second-order valence-electron chi connectivity index (χ2n) is 7.96. The predicted molar refractivity (Wildman–Crippen MR) is 132 cm³/mol. The number of aliphatic hydroxyl groups is 1. The van der Waals surface area contributed by atoms with Crippen molar-refractivity contribution < 1.29 is 18.3 Å². The third-order valence-electron chi connectivity index (χ3n) is 5.68. The molecule has 3 N–H and O–H groups in total. The lowest BCUT2D eigenvalue weighted by atomic mass is 9.84. The Balaban J connectivity index is 1.38. The average molecular weight is 530 g/mol. The van der Waals surface area contributed by atoms with Crippen molar-refractivity contribution in [2.75, 3.05) is 23.1 Å². The van der Waals surface area contributed by atoms with Gasteiger partial charge in [0.1, 0.15) is 0 Å². The highest BCUT2D eigenvalue weighted by Gasteiger charge is 2.35. The SMILES string of the molecule is O=C(Nc1cccc(NS(=O)(=O)c2ccccc2)c1)N1CCC(O)(c2ccc(Br)cc2)CC1. The first-order chi connectivity index (χ1) is 15.7. The number of anilines is 2. The Hall–Kier alpha value is -2.88. The van der Waals surface area contributed by atoms with E-state index in [-0.39, 0.29) is 10.9 Å². The molecular formula is C24H24BrN3O4S. The Bertz CT molecular complexity index is 1230. The molecule has 0 aliphatic carbocycles. The van der Waals surface area contributed by atoms with Gasteiger partial charge in [-0.1, -0.05) is 52.3 Å². The minimum Gasteiger partial charge on any atom is -0.385 e. The molecule has 2 amide bonds. The number of carbonyl (C=O) groups is 1. The van der Waals surface area contributed by atoms with Gasteiger partial charge in [-0.2, -0.15) is 0 Å². The fraction of sp³-hybridized carbons (Fsp3) is 0.208. The number of halogens is 1. The molecule has 33 heavy (non-hydrogen) atoms. The molecule has 1 aliphatic heterocycles. The van der Waals surface area contributed by atoms with Crippen molar-refractivity contribution in [1.82, 2.24) is 4.90 Å². The summed E-state index contributed by atoms with van der Waals surface area (Å²) >= 11 is 3.40. The summed E-state index contributed by atoms with van der Waals surface area (Å²) in [6, 6.07) is 21.9. The van der Waals surface area contributed by atoms with E-state index < -0.39 is 15.6 Å². The zero-order valence-corrected chi connectivity index (χ0v) is 20.1. The molecule has 0 unspecified atom stereocenters. The molecule has 0 atom stereocenters. The van der Waals surface area contributed by atoms with E-state index in [0.29, 0.717) is 37.3 Å². The Kier molecular flexibility index (Phi) is 6.73. The fourth-order valence-electron chi connectivity index (χ4n) is 3.81. The van der Waals surface area contributed by atoms with Gasteiger partial charge in [0.2, 0.25) is 0 Å². The van der Waals surface area contributed by atoms with E-state index in [1.165, 1.54) is 12.1 Å². The summed E-state index contributed by atoms with van der Waals surface area (Å²) < 4.78 is 28.6. The van der Waals surface area contributed by atoms with E-state index in [4.69, 9.17) is 0 Å². The molecule has 1 saturated heterocycles. The van der Waals surface area contributed by atoms with E-state index >= 15 is 0 Å². The Labute approximate surface area is 201 Å². The summed E-state index contributed by atoms with van der Waals surface area (Å²) in [7, 11) is -3.72. The van der Waals surface area contributed by atoms with Gasteiger partial charge in [-0.25, -0.2) is 13.2 Å². The molecule has 0 bridgehead atoms. The molecule has 0 saturated carbocycles. The van der Waals surface area contributed by atoms with Crippen LogP contribution in [0.25, 0.3) is 0 Å². The molecule has 9 heteroatoms. The number of hydrogen-bond donors (Lipinski definition) is 3. The van der Waals surface area contributed by atoms with Gasteiger partial charge in [-0.3, -0.25) is 4.72 Å². The number of benzene rings is 3. The second-order valence-corrected chi connectivity index (χ2v) is 10.6. The van der Waals surface area contributed by atoms with Crippen LogP contribution in [-0.2, 0) is 15.6 Å². The highest BCUT2D eigenvalue weighted by atomic mass is 79.9. The van der Waals surface area contributed by atoms with Crippen LogP contribution in [0.1, 0.15) is 18.4 Å². The number of rotatable bonds is 5. The van der Waals surface area contributed by atoms with E-state index in [9.17, 15) is 18.3 Å². The molecule has 1 fully saturated rings. The maximum atomic E-state index is 12.8. The topological polar surface area (TPSA) is 98.7 Å². The van der Waals surface area contributed by atoms with Gasteiger partial charge in [-0.05, 0) is 60.9 Å². The highest BCUT2D eigenvalue weighted by molar-refractivity contribution is 9.10. The average Bonchev–Trinajstić information content (AvgIpc) is 2.80. The lowest BCUT2D eigenvalue weighted by molar-refractivity contribution is -0.0157. The summed E-state index contributed by atoms with van der Waals surface area (Å²) in [6.07, 6.45) is 0.859. The lowest BCUT2D eigenvalue weighted by Gasteiger charge is -2.38. The Morgan fingerprint density at radius 1 is 0.909 bits per heavy atom. The van der Waals surface area contributed by atoms with Gasteiger partial charge < -0.3 is 15.3 Å². The Morgan fingerprint density at radius 2 is 1.55 bits per heavy atom. The van der Waals surface area contributed by atoms with E-state index in [1.807, 2.05) is 24.3 Å². The van der Waals surface area contributed by atoms with Crippen molar-refractivity contribution in [1.29, 1.82) is 0 Å². The third kappa shape index (κ3) is 5.55. The van der Waals surface area contributed by atoms with Crippen molar-refractivity contribution in [2.45, 2.75) is 23.3 Å². The fourth-order valence-corrected chi connectivity index (χ4v) is 5.14. The standard InChI is InChI=1S/C24H24BrN3O4S/c25-19-11-9-18(10-12-19)24(30)13-15-28(16-14-24)23(29)26-20-5-4-6-21(17-20)27-33(31,32)22-7-2-1-3-8-22/h1-12,17,27,30H,13-16H2,(H,26,29). The van der Waals surface area contributed by atoms with Crippen LogP contribution in [0.2, 0.25) is 0 Å². The first-order valence-corrected chi connectivity index (χ1v) is 12.8. The number of nitrogens with zero attached hydrogens (tertiary/aromatic N) is 1. The summed E-state index contributed by atoms with van der Waals surface area (Å²) in [4.78, 5) is 14.6. The van der Waals surface area contributed by atoms with Crippen LogP contribution in [0.3, 0.4) is 0 Å². The number of piperidine rings is 1. The molecule has 0 aromatic heterocycles. The largest absolute Gasteiger partial charge is 0.385 e. The molecule has 0 spiro atoms. The second kappa shape index (κ2) is 9.54. The number of hydrogen-bond acceptors (Lipinski definition) is 4. The highest BCUT2D eigenvalue weighted by Crippen LogP contribution is 2.33. The van der Waals surface area contributed by atoms with Crippen molar-refractivity contribution in [3.8, 4) is 0 Å². The van der Waals surface area contributed by atoms with Crippen LogP contribution in [0, 0.1) is 0 Å². The number of sulfonamides is 1. The van der Waals surface area contributed by atoms with E-state index in [2.05, 4.69) is 26.0 Å². The summed E-state index contributed by atoms with van der Waals surface area (Å²) in [6.45, 7) is 0.803. The van der Waals surface area contributed by atoms with Crippen molar-refractivity contribution >= 4 is 43.4 Å². The van der Waals surface area contributed by atoms with Crippen LogP contribution in [0.15, 0.2) is 88.2 Å². The molecule has 3 aromatic rings. The van der Waals surface area contributed by atoms with E-state index in [0.717, 1.165) is 10.0 Å². The number of amides is 2. The zero-order chi connectivity index (χ0) is 23.5. The first kappa shape index (κ1) is 23.3. The molecule has 7 nitrogen and oxygen atoms in total. The third-order valence-corrected chi connectivity index (χ3v) is 7.60. The van der Waals surface area contributed by atoms with Crippen molar-refractivity contribution in [3.05, 3.63) is 88.9 Å². The molecule has 0 radical (unpaired) electrons. The number of urea groups is 1. The molecule has 1 heterocycles. The number of nitrogens with one attached hydrogen (secondary N) is 2. The van der Waals surface area contributed by atoms with Gasteiger partial charge in [0.15, 0.2) is 0 Å². The summed E-state index contributed by atoms with van der Waals surface area (Å²) in [5.74, 6) is 0. The maximum absolute atomic E-state index is 12.8. The smallest absolute Gasteiger partial charge is 0.321 e. The first-order valence-electron chi connectivity index (χ1n) is 10.5. The number of carbonyl (C=O) groups excluding carboxylic acids is 1. The van der Waals surface area contributed by atoms with Crippen LogP contribution in [-0.4, -0.2) is 37.5 Å². The maximum Gasteiger partial charge on any atom is 0.321 e. The normalized spacial score (nSPS) is 15.6. The van der Waals surface area contributed by atoms with Crippen molar-refractivity contribution in [3.63, 3.8) is 0 Å². The van der Waals surface area contributed by atoms with Gasteiger partial charge in [-0.15, -0.1) is 0 Å². The summed E-state index contributed by atoms with van der Waals surface area (Å²) in [5, 5.41) is 13.8. The molecule has 3 aromatic carbocycles. The quantitative estimate of drug-likeness (QED) is 0.443. The van der Waals surface area contributed by atoms with Crippen molar-refractivity contribution in [2.24, 2.45) is 0 Å². The van der Waals surface area contributed by atoms with Crippen LogP contribution >= 0.6 is 15.9 Å².